The van der Waals surface area contributed by atoms with Crippen LogP contribution in [0.15, 0.2) is 36.4 Å². The molecule has 2 aromatic carbocycles. The van der Waals surface area contributed by atoms with Crippen molar-refractivity contribution in [1.82, 2.24) is 9.38 Å². The Hall–Kier alpha value is -1.70. The van der Waals surface area contributed by atoms with Crippen LogP contribution in [-0.4, -0.2) is 9.38 Å². The van der Waals surface area contributed by atoms with Crippen LogP contribution in [0.5, 0.6) is 0 Å². The smallest absolute Gasteiger partial charge is 0.0777 e. The number of hydrogen-bond donors (Lipinski definition) is 0. The van der Waals surface area contributed by atoms with Crippen LogP contribution in [0.3, 0.4) is 0 Å². The molecular weight excluding hydrogens is 533 g/mol. The molecule has 0 unspecified atom stereocenters. The van der Waals surface area contributed by atoms with Crippen LogP contribution in [-0.2, 0) is 36.4 Å². The predicted octanol–water partition coefficient (Wildman–Crippen LogP) is 6.69. The van der Waals surface area contributed by atoms with E-state index in [-0.39, 0.29) is 36.4 Å². The van der Waals surface area contributed by atoms with Crippen molar-refractivity contribution in [2.24, 2.45) is 0 Å². The number of aromatic nitrogens is 2. The Morgan fingerprint density at radius 1 is 1.00 bits per heavy atom. The normalized spacial score (nSPS) is 17.6. The molecule has 29 heavy (non-hydrogen) atoms. The molecule has 4 aromatic rings. The molecule has 1 radical (unpaired) electrons. The molecule has 0 amide bonds. The summed E-state index contributed by atoms with van der Waals surface area (Å²) in [6.07, 6.45) is 1.17. The van der Waals surface area contributed by atoms with E-state index in [1.54, 1.807) is 0 Å². The molecule has 5 rings (SSSR count). The monoisotopic (exact) mass is 562 g/mol. The fraction of sp³-hybridized carbons (Fsp3) is 0.423. The van der Waals surface area contributed by atoms with Gasteiger partial charge in [-0.25, -0.2) is 0 Å². The van der Waals surface area contributed by atoms with Gasteiger partial charge in [-0.1, -0.05) is 54.5 Å². The van der Waals surface area contributed by atoms with E-state index in [9.17, 15) is 0 Å². The van der Waals surface area contributed by atoms with Gasteiger partial charge in [-0.05, 0) is 40.5 Å². The van der Waals surface area contributed by atoms with Gasteiger partial charge >= 0.3 is 0 Å². The van der Waals surface area contributed by atoms with Crippen LogP contribution in [0, 0.1) is 6.07 Å². The van der Waals surface area contributed by atoms with Gasteiger partial charge in [0.05, 0.1) is 16.7 Å². The standard InChI is InChI=1S/C26H29N2.Ir/c1-24(2,3)22-12-16-10-8-9-11-17(16)23-27-20-13-18-19(14-21(20)28(22)23)26(6,7)15-25(18,4)5;/h8-10,12-14H,15H2,1-7H3;/q-1;. The number of fused-ring (bicyclic) bond motifs is 6. The quantitative estimate of drug-likeness (QED) is 0.219. The zero-order valence-corrected chi connectivity index (χ0v) is 20.8. The van der Waals surface area contributed by atoms with Crippen molar-refractivity contribution in [2.45, 2.75) is 71.1 Å². The van der Waals surface area contributed by atoms with E-state index >= 15 is 0 Å². The zero-order valence-electron chi connectivity index (χ0n) is 18.4. The molecule has 153 valence electrons. The number of pyridine rings is 1. The summed E-state index contributed by atoms with van der Waals surface area (Å²) >= 11 is 0. The summed E-state index contributed by atoms with van der Waals surface area (Å²) < 4.78 is 2.38. The summed E-state index contributed by atoms with van der Waals surface area (Å²) in [7, 11) is 0. The Kier molecular flexibility index (Phi) is 4.36. The van der Waals surface area contributed by atoms with Gasteiger partial charge in [0, 0.05) is 31.2 Å². The minimum absolute atomic E-state index is 0. The van der Waals surface area contributed by atoms with E-state index in [1.807, 2.05) is 6.07 Å². The van der Waals surface area contributed by atoms with Crippen LogP contribution in [0.4, 0.5) is 0 Å². The molecule has 0 saturated heterocycles. The zero-order chi connectivity index (χ0) is 20.1. The van der Waals surface area contributed by atoms with Crippen molar-refractivity contribution in [2.75, 3.05) is 0 Å². The molecule has 3 heteroatoms. The average molecular weight is 562 g/mol. The number of imidazole rings is 1. The van der Waals surface area contributed by atoms with Crippen LogP contribution in [0.1, 0.15) is 71.7 Å². The topological polar surface area (TPSA) is 17.3 Å². The van der Waals surface area contributed by atoms with Gasteiger partial charge in [0.1, 0.15) is 0 Å². The Morgan fingerprint density at radius 2 is 1.66 bits per heavy atom. The van der Waals surface area contributed by atoms with Crippen LogP contribution < -0.4 is 0 Å². The van der Waals surface area contributed by atoms with E-state index in [4.69, 9.17) is 4.98 Å². The minimum atomic E-state index is 0. The van der Waals surface area contributed by atoms with Crippen LogP contribution in [0.2, 0.25) is 0 Å². The number of hydrogen-bond acceptors (Lipinski definition) is 1. The maximum absolute atomic E-state index is 5.14. The van der Waals surface area contributed by atoms with Crippen molar-refractivity contribution < 1.29 is 20.1 Å². The van der Waals surface area contributed by atoms with Gasteiger partial charge in [-0.15, -0.1) is 35.0 Å². The molecule has 2 aromatic heterocycles. The summed E-state index contributed by atoms with van der Waals surface area (Å²) in [5.41, 5.74) is 7.96. The number of rotatable bonds is 0. The van der Waals surface area contributed by atoms with Crippen LogP contribution >= 0.6 is 0 Å². The van der Waals surface area contributed by atoms with Crippen LogP contribution in [0.25, 0.3) is 27.5 Å². The minimum Gasteiger partial charge on any atom is -0.337 e. The fourth-order valence-electron chi connectivity index (χ4n) is 5.48. The van der Waals surface area contributed by atoms with Gasteiger partial charge in [0.25, 0.3) is 0 Å². The molecule has 0 aliphatic heterocycles. The van der Waals surface area contributed by atoms with Gasteiger partial charge < -0.3 is 4.40 Å². The second-order valence-electron chi connectivity index (χ2n) is 10.9. The number of nitrogens with zero attached hydrogens (tertiary/aromatic N) is 2. The van der Waals surface area contributed by atoms with Crippen molar-refractivity contribution >= 4 is 27.5 Å². The Morgan fingerprint density at radius 3 is 2.31 bits per heavy atom. The molecule has 0 fully saturated rings. The van der Waals surface area contributed by atoms with E-state index in [1.165, 1.54) is 34.1 Å². The first-order valence-electron chi connectivity index (χ1n) is 10.3. The first-order chi connectivity index (χ1) is 13.0. The summed E-state index contributed by atoms with van der Waals surface area (Å²) in [5.74, 6) is 0. The van der Waals surface area contributed by atoms with Crippen molar-refractivity contribution in [3.8, 4) is 0 Å². The predicted molar refractivity (Wildman–Crippen MR) is 118 cm³/mol. The molecular formula is C26H29IrN2-. The largest absolute Gasteiger partial charge is 0.337 e. The molecule has 2 nitrogen and oxygen atoms in total. The van der Waals surface area contributed by atoms with E-state index < -0.39 is 0 Å². The third-order valence-electron chi connectivity index (χ3n) is 6.55. The molecule has 0 bridgehead atoms. The molecule has 0 spiro atoms. The third-order valence-corrected chi connectivity index (χ3v) is 6.55. The summed E-state index contributed by atoms with van der Waals surface area (Å²) in [5, 5.41) is 2.31. The molecule has 1 aliphatic rings. The van der Waals surface area contributed by atoms with E-state index in [0.29, 0.717) is 0 Å². The SMILES string of the molecule is CC(C)(C)c1cc2ccc[c-]c2c2nc3cc4c(cc3n12)C(C)(C)CC4(C)C.[Ir]. The Bertz CT molecular complexity index is 1270. The van der Waals surface area contributed by atoms with Gasteiger partial charge in [-0.3, -0.25) is 4.98 Å². The van der Waals surface area contributed by atoms with Gasteiger partial charge in [0.15, 0.2) is 0 Å². The average Bonchev–Trinajstić information content (AvgIpc) is 3.04. The molecule has 1 aliphatic carbocycles. The fourth-order valence-corrected chi connectivity index (χ4v) is 5.48. The first kappa shape index (κ1) is 20.6. The Labute approximate surface area is 187 Å². The maximum Gasteiger partial charge on any atom is 0.0777 e. The first-order valence-corrected chi connectivity index (χ1v) is 10.3. The second-order valence-corrected chi connectivity index (χ2v) is 10.9. The van der Waals surface area contributed by atoms with Crippen molar-refractivity contribution in [1.29, 1.82) is 0 Å². The van der Waals surface area contributed by atoms with Crippen molar-refractivity contribution in [3.63, 3.8) is 0 Å². The molecule has 0 atom stereocenters. The molecule has 0 saturated carbocycles. The third kappa shape index (κ3) is 2.89. The van der Waals surface area contributed by atoms with Gasteiger partial charge in [-0.2, -0.15) is 0 Å². The maximum atomic E-state index is 5.14. The Balaban J connectivity index is 0.00000205. The molecule has 2 heterocycles. The second kappa shape index (κ2) is 6.15. The van der Waals surface area contributed by atoms with Crippen molar-refractivity contribution in [3.05, 3.63) is 59.3 Å². The molecule has 0 N–H and O–H groups in total. The summed E-state index contributed by atoms with van der Waals surface area (Å²) in [4.78, 5) is 5.14. The number of benzene rings is 2. The van der Waals surface area contributed by atoms with E-state index in [0.717, 1.165) is 16.6 Å². The van der Waals surface area contributed by atoms with Gasteiger partial charge in [0.2, 0.25) is 0 Å². The van der Waals surface area contributed by atoms with E-state index in [2.05, 4.69) is 89.3 Å². The summed E-state index contributed by atoms with van der Waals surface area (Å²) in [6, 6.07) is 16.8. The summed E-state index contributed by atoms with van der Waals surface area (Å²) in [6.45, 7) is 16.3.